The normalized spacial score (nSPS) is 15.4. The molecule has 0 amide bonds. The summed E-state index contributed by atoms with van der Waals surface area (Å²) >= 11 is 0. The zero-order valence-corrected chi connectivity index (χ0v) is 19.8. The van der Waals surface area contributed by atoms with Crippen molar-refractivity contribution in [2.24, 2.45) is 4.99 Å². The van der Waals surface area contributed by atoms with Gasteiger partial charge in [0.05, 0.1) is 19.8 Å². The van der Waals surface area contributed by atoms with Crippen LogP contribution in [0.1, 0.15) is 18.6 Å². The Labute approximate surface area is 194 Å². The summed E-state index contributed by atoms with van der Waals surface area (Å²) in [4.78, 5) is 9.09. The van der Waals surface area contributed by atoms with Crippen molar-refractivity contribution in [3.8, 4) is 5.75 Å². The van der Waals surface area contributed by atoms with Crippen LogP contribution in [-0.2, 0) is 0 Å². The van der Waals surface area contributed by atoms with Crippen molar-refractivity contribution in [2.45, 2.75) is 13.0 Å². The fourth-order valence-electron chi connectivity index (χ4n) is 3.36. The number of guanidine groups is 1. The molecule has 30 heavy (non-hydrogen) atoms. The lowest BCUT2D eigenvalue weighted by atomic mass is 10.1. The summed E-state index contributed by atoms with van der Waals surface area (Å²) in [7, 11) is 1.62. The van der Waals surface area contributed by atoms with Crippen LogP contribution in [0.15, 0.2) is 53.5 Å². The van der Waals surface area contributed by atoms with Gasteiger partial charge in [-0.25, -0.2) is 4.39 Å². The molecule has 1 saturated heterocycles. The maximum absolute atomic E-state index is 13.1. The van der Waals surface area contributed by atoms with E-state index in [2.05, 4.69) is 20.1 Å². The van der Waals surface area contributed by atoms with Crippen molar-refractivity contribution < 1.29 is 14.2 Å². The molecule has 0 spiro atoms. The molecule has 8 heteroatoms. The van der Waals surface area contributed by atoms with Crippen LogP contribution in [0.3, 0.4) is 0 Å². The van der Waals surface area contributed by atoms with E-state index in [9.17, 15) is 9.50 Å². The summed E-state index contributed by atoms with van der Waals surface area (Å²) < 4.78 is 18.3. The number of aliphatic hydroxyl groups is 1. The molecule has 1 unspecified atom stereocenters. The van der Waals surface area contributed by atoms with E-state index in [0.29, 0.717) is 0 Å². The first-order valence-electron chi connectivity index (χ1n) is 9.96. The van der Waals surface area contributed by atoms with E-state index >= 15 is 0 Å². The summed E-state index contributed by atoms with van der Waals surface area (Å²) in [5, 5.41) is 13.8. The Hall–Kier alpha value is -2.07. The third-order valence-corrected chi connectivity index (χ3v) is 5.02. The Bertz CT molecular complexity index is 794. The molecule has 0 bridgehead atoms. The van der Waals surface area contributed by atoms with Crippen molar-refractivity contribution in [3.63, 3.8) is 0 Å². The van der Waals surface area contributed by atoms with Crippen molar-refractivity contribution in [1.82, 2.24) is 10.2 Å². The van der Waals surface area contributed by atoms with Crippen LogP contribution in [0.2, 0.25) is 0 Å². The quantitative estimate of drug-likeness (QED) is 0.343. The topological polar surface area (TPSA) is 60.3 Å². The summed E-state index contributed by atoms with van der Waals surface area (Å²) in [6, 6.07) is 14.0. The van der Waals surface area contributed by atoms with Crippen LogP contribution >= 0.6 is 24.0 Å². The maximum Gasteiger partial charge on any atom is 0.194 e. The number of aliphatic imine (C=N–C) groups is 1. The molecule has 164 valence electrons. The third-order valence-electron chi connectivity index (χ3n) is 5.02. The number of aliphatic hydroxyl groups excluding tert-OH is 1. The smallest absolute Gasteiger partial charge is 0.194 e. The molecule has 1 heterocycles. The van der Waals surface area contributed by atoms with Crippen molar-refractivity contribution in [2.75, 3.05) is 51.3 Å². The van der Waals surface area contributed by atoms with E-state index < -0.39 is 6.10 Å². The van der Waals surface area contributed by atoms with Gasteiger partial charge in [-0.3, -0.25) is 4.99 Å². The first-order chi connectivity index (χ1) is 14.1. The monoisotopic (exact) mass is 528 g/mol. The van der Waals surface area contributed by atoms with Crippen LogP contribution in [-0.4, -0.2) is 62.3 Å². The van der Waals surface area contributed by atoms with Gasteiger partial charge in [0, 0.05) is 38.4 Å². The Morgan fingerprint density at radius 3 is 2.30 bits per heavy atom. The minimum Gasteiger partial charge on any atom is -0.497 e. The van der Waals surface area contributed by atoms with Crippen LogP contribution in [0.5, 0.6) is 5.75 Å². The van der Waals surface area contributed by atoms with Crippen molar-refractivity contribution in [1.29, 1.82) is 0 Å². The van der Waals surface area contributed by atoms with Gasteiger partial charge in [0.25, 0.3) is 0 Å². The molecule has 0 aliphatic carbocycles. The standard InChI is InChI=1S/C22H29FN4O2.HI/c1-3-24-22(25-16-21(28)17-4-10-20(29-2)11-5-17)27-14-12-26(13-15-27)19-8-6-18(23)7-9-19;/h4-11,21,28H,3,12-16H2,1-2H3,(H,24,25);1H. The lowest BCUT2D eigenvalue weighted by Crippen LogP contribution is -2.52. The van der Waals surface area contributed by atoms with Crippen LogP contribution < -0.4 is 15.0 Å². The molecular formula is C22H30FIN4O2. The Balaban J connectivity index is 0.00000320. The molecule has 2 aromatic carbocycles. The highest BCUT2D eigenvalue weighted by molar-refractivity contribution is 14.0. The number of benzene rings is 2. The minimum absolute atomic E-state index is 0. The van der Waals surface area contributed by atoms with Crippen LogP contribution in [0, 0.1) is 5.82 Å². The lowest BCUT2D eigenvalue weighted by Gasteiger charge is -2.37. The summed E-state index contributed by atoms with van der Waals surface area (Å²) in [6.45, 7) is 6.35. The van der Waals surface area contributed by atoms with Gasteiger partial charge < -0.3 is 25.0 Å². The number of methoxy groups -OCH3 is 1. The molecular weight excluding hydrogens is 498 g/mol. The number of halogens is 2. The van der Waals surface area contributed by atoms with Crippen LogP contribution in [0.4, 0.5) is 10.1 Å². The highest BCUT2D eigenvalue weighted by atomic mass is 127. The lowest BCUT2D eigenvalue weighted by molar-refractivity contribution is 0.186. The molecule has 2 N–H and O–H groups in total. The van der Waals surface area contributed by atoms with Gasteiger partial charge in [0.2, 0.25) is 0 Å². The molecule has 1 fully saturated rings. The predicted octanol–water partition coefficient (Wildman–Crippen LogP) is 3.27. The minimum atomic E-state index is -0.671. The average Bonchev–Trinajstić information content (AvgIpc) is 2.77. The molecule has 0 aromatic heterocycles. The van der Waals surface area contributed by atoms with E-state index in [1.165, 1.54) is 12.1 Å². The zero-order valence-electron chi connectivity index (χ0n) is 17.4. The fraction of sp³-hybridized carbons (Fsp3) is 0.409. The van der Waals surface area contributed by atoms with Gasteiger partial charge >= 0.3 is 0 Å². The Kier molecular flexibility index (Phi) is 9.64. The number of nitrogens with one attached hydrogen (secondary N) is 1. The van der Waals surface area contributed by atoms with Gasteiger partial charge in [-0.1, -0.05) is 12.1 Å². The highest BCUT2D eigenvalue weighted by Gasteiger charge is 2.20. The highest BCUT2D eigenvalue weighted by Crippen LogP contribution is 2.19. The summed E-state index contributed by atoms with van der Waals surface area (Å²) in [5.74, 6) is 1.35. The Morgan fingerprint density at radius 1 is 1.10 bits per heavy atom. The van der Waals surface area contributed by atoms with Crippen molar-refractivity contribution in [3.05, 3.63) is 59.9 Å². The van der Waals surface area contributed by atoms with Crippen LogP contribution in [0.25, 0.3) is 0 Å². The Morgan fingerprint density at radius 2 is 1.73 bits per heavy atom. The van der Waals surface area contributed by atoms with E-state index in [1.807, 2.05) is 43.3 Å². The van der Waals surface area contributed by atoms with Gasteiger partial charge in [0.1, 0.15) is 11.6 Å². The van der Waals surface area contributed by atoms with E-state index in [-0.39, 0.29) is 36.3 Å². The van der Waals surface area contributed by atoms with Crippen molar-refractivity contribution >= 4 is 35.6 Å². The molecule has 0 saturated carbocycles. The number of anilines is 1. The summed E-state index contributed by atoms with van der Waals surface area (Å²) in [6.07, 6.45) is -0.671. The van der Waals surface area contributed by atoms with E-state index in [1.54, 1.807) is 7.11 Å². The third kappa shape index (κ3) is 6.46. The molecule has 1 atom stereocenters. The first-order valence-corrected chi connectivity index (χ1v) is 9.96. The van der Waals surface area contributed by atoms with E-state index in [4.69, 9.17) is 4.74 Å². The number of piperazine rings is 1. The fourth-order valence-corrected chi connectivity index (χ4v) is 3.36. The molecule has 0 radical (unpaired) electrons. The second-order valence-electron chi connectivity index (χ2n) is 6.93. The van der Waals surface area contributed by atoms with E-state index in [0.717, 1.165) is 55.7 Å². The second-order valence-corrected chi connectivity index (χ2v) is 6.93. The molecule has 3 rings (SSSR count). The van der Waals surface area contributed by atoms with Gasteiger partial charge in [-0.2, -0.15) is 0 Å². The van der Waals surface area contributed by atoms with Gasteiger partial charge in [-0.05, 0) is 48.9 Å². The molecule has 6 nitrogen and oxygen atoms in total. The largest absolute Gasteiger partial charge is 0.497 e. The number of rotatable bonds is 6. The SMILES string of the molecule is CCNC(=NCC(O)c1ccc(OC)cc1)N1CCN(c2ccc(F)cc2)CC1.I. The molecule has 1 aliphatic heterocycles. The molecule has 1 aliphatic rings. The number of hydrogen-bond acceptors (Lipinski definition) is 4. The van der Waals surface area contributed by atoms with Gasteiger partial charge in [-0.15, -0.1) is 24.0 Å². The predicted molar refractivity (Wildman–Crippen MR) is 130 cm³/mol. The second kappa shape index (κ2) is 11.9. The summed E-state index contributed by atoms with van der Waals surface area (Å²) in [5.41, 5.74) is 1.84. The first kappa shape index (κ1) is 24.2. The maximum atomic E-state index is 13.1. The van der Waals surface area contributed by atoms with Gasteiger partial charge in [0.15, 0.2) is 5.96 Å². The number of hydrogen-bond donors (Lipinski definition) is 2. The number of nitrogens with zero attached hydrogens (tertiary/aromatic N) is 3. The number of ether oxygens (including phenoxy) is 1. The zero-order chi connectivity index (χ0) is 20.6. The average molecular weight is 528 g/mol. The molecule has 2 aromatic rings.